The molecule has 1 N–H and O–H groups in total. The molecular formula is C28H24BrFN2O4. The average Bonchev–Trinajstić information content (AvgIpc) is 2.85. The lowest BCUT2D eigenvalue weighted by atomic mass is 10.00. The molecule has 1 fully saturated rings. The number of hydrogen-bond donors (Lipinski definition) is 1. The fraction of sp³-hybridized carbons (Fsp3) is 0.179. The van der Waals surface area contributed by atoms with Gasteiger partial charge in [-0.15, -0.1) is 0 Å². The second-order valence-corrected chi connectivity index (χ2v) is 9.01. The molecule has 3 aromatic carbocycles. The normalized spacial score (nSPS) is 14.8. The van der Waals surface area contributed by atoms with E-state index in [-0.39, 0.29) is 17.8 Å². The number of carbonyl (C=O) groups is 3. The van der Waals surface area contributed by atoms with Crippen LogP contribution in [-0.2, 0) is 22.4 Å². The maximum absolute atomic E-state index is 14.3. The second-order valence-electron chi connectivity index (χ2n) is 8.16. The summed E-state index contributed by atoms with van der Waals surface area (Å²) < 4.78 is 20.7. The Kier molecular flexibility index (Phi) is 7.64. The van der Waals surface area contributed by atoms with Gasteiger partial charge in [0.2, 0.25) is 0 Å². The minimum absolute atomic E-state index is 0.189. The van der Waals surface area contributed by atoms with Crippen molar-refractivity contribution >= 4 is 45.5 Å². The van der Waals surface area contributed by atoms with Crippen LogP contribution in [0.1, 0.15) is 36.1 Å². The third kappa shape index (κ3) is 5.23. The Labute approximate surface area is 216 Å². The number of hydrogen-bond acceptors (Lipinski definition) is 4. The monoisotopic (exact) mass is 550 g/mol. The summed E-state index contributed by atoms with van der Waals surface area (Å²) in [5.74, 6) is -1.33. The lowest BCUT2D eigenvalue weighted by Crippen LogP contribution is -2.54. The van der Waals surface area contributed by atoms with Gasteiger partial charge in [-0.2, -0.15) is 0 Å². The minimum Gasteiger partial charge on any atom is -0.494 e. The molecule has 0 aliphatic carbocycles. The van der Waals surface area contributed by atoms with Crippen LogP contribution in [-0.4, -0.2) is 24.5 Å². The van der Waals surface area contributed by atoms with E-state index in [2.05, 4.69) is 21.2 Å². The second kappa shape index (κ2) is 10.9. The van der Waals surface area contributed by atoms with E-state index in [9.17, 15) is 18.8 Å². The molecule has 0 atom stereocenters. The first-order valence-corrected chi connectivity index (χ1v) is 12.3. The molecule has 1 heterocycles. The molecule has 1 aliphatic heterocycles. The standard InChI is InChI=1S/C28H24BrFN2O4/c1-3-17-9-11-20(12-10-17)32-27(34)22(26(33)31-28(32)35)13-18-14-23(29)21(25(15-18)36-4-2)16-19-7-5-6-8-24(19)30/h5-15H,3-4,16H2,1-2H3,(H,31,33,35)/b22-13+. The first kappa shape index (κ1) is 25.3. The highest BCUT2D eigenvalue weighted by Crippen LogP contribution is 2.33. The summed E-state index contributed by atoms with van der Waals surface area (Å²) in [5, 5.41) is 2.24. The molecule has 184 valence electrons. The SMILES string of the molecule is CCOc1cc(/C=C2\C(=O)NC(=O)N(c3ccc(CC)cc3)C2=O)cc(Br)c1Cc1ccccc1F. The smallest absolute Gasteiger partial charge is 0.335 e. The van der Waals surface area contributed by atoms with Crippen molar-refractivity contribution in [3.8, 4) is 5.75 Å². The van der Waals surface area contributed by atoms with Gasteiger partial charge in [-0.25, -0.2) is 14.1 Å². The quantitative estimate of drug-likeness (QED) is 0.297. The van der Waals surface area contributed by atoms with Crippen molar-refractivity contribution in [2.75, 3.05) is 11.5 Å². The molecule has 0 saturated carbocycles. The third-order valence-corrected chi connectivity index (χ3v) is 6.52. The van der Waals surface area contributed by atoms with Gasteiger partial charge in [-0.3, -0.25) is 14.9 Å². The van der Waals surface area contributed by atoms with E-state index in [4.69, 9.17) is 4.74 Å². The van der Waals surface area contributed by atoms with E-state index in [1.807, 2.05) is 26.0 Å². The van der Waals surface area contributed by atoms with E-state index < -0.39 is 17.8 Å². The number of rotatable bonds is 7. The summed E-state index contributed by atoms with van der Waals surface area (Å²) in [6.45, 7) is 4.20. The zero-order valence-corrected chi connectivity index (χ0v) is 21.4. The number of amides is 4. The van der Waals surface area contributed by atoms with Crippen LogP contribution in [0.15, 0.2) is 70.7 Å². The molecule has 0 spiro atoms. The van der Waals surface area contributed by atoms with Gasteiger partial charge in [0.25, 0.3) is 11.8 Å². The van der Waals surface area contributed by atoms with Crippen molar-refractivity contribution in [1.29, 1.82) is 0 Å². The van der Waals surface area contributed by atoms with Crippen molar-refractivity contribution in [2.24, 2.45) is 0 Å². The maximum atomic E-state index is 14.3. The number of nitrogens with zero attached hydrogens (tertiary/aromatic N) is 1. The van der Waals surface area contributed by atoms with Gasteiger partial charge in [0.1, 0.15) is 17.1 Å². The average molecular weight is 551 g/mol. The summed E-state index contributed by atoms with van der Waals surface area (Å²) >= 11 is 3.54. The number of anilines is 1. The van der Waals surface area contributed by atoms with E-state index in [0.29, 0.717) is 33.6 Å². The van der Waals surface area contributed by atoms with Crippen LogP contribution in [0, 0.1) is 5.82 Å². The van der Waals surface area contributed by atoms with Crippen LogP contribution in [0.25, 0.3) is 6.08 Å². The molecule has 0 unspecified atom stereocenters. The molecular weight excluding hydrogens is 527 g/mol. The highest BCUT2D eigenvalue weighted by molar-refractivity contribution is 9.10. The number of nitrogens with one attached hydrogen (secondary N) is 1. The molecule has 6 nitrogen and oxygen atoms in total. The van der Waals surface area contributed by atoms with Crippen molar-refractivity contribution in [3.05, 3.63) is 98.8 Å². The predicted molar refractivity (Wildman–Crippen MR) is 139 cm³/mol. The summed E-state index contributed by atoms with van der Waals surface area (Å²) in [7, 11) is 0. The number of halogens is 2. The van der Waals surface area contributed by atoms with Crippen LogP contribution in [0.4, 0.5) is 14.9 Å². The number of carbonyl (C=O) groups excluding carboxylic acids is 3. The number of imide groups is 2. The lowest BCUT2D eigenvalue weighted by Gasteiger charge is -2.26. The highest BCUT2D eigenvalue weighted by atomic mass is 79.9. The number of barbiturate groups is 1. The summed E-state index contributed by atoms with van der Waals surface area (Å²) in [4.78, 5) is 39.3. The number of urea groups is 1. The summed E-state index contributed by atoms with van der Waals surface area (Å²) in [6.07, 6.45) is 2.51. The van der Waals surface area contributed by atoms with Gasteiger partial charge in [-0.05, 0) is 66.4 Å². The summed E-state index contributed by atoms with van der Waals surface area (Å²) in [6, 6.07) is 16.1. The van der Waals surface area contributed by atoms with Crippen molar-refractivity contribution in [1.82, 2.24) is 5.32 Å². The number of benzene rings is 3. The van der Waals surface area contributed by atoms with Gasteiger partial charge >= 0.3 is 6.03 Å². The van der Waals surface area contributed by atoms with Crippen molar-refractivity contribution < 1.29 is 23.5 Å². The van der Waals surface area contributed by atoms with E-state index in [1.54, 1.807) is 42.5 Å². The molecule has 8 heteroatoms. The fourth-order valence-electron chi connectivity index (χ4n) is 3.94. The largest absolute Gasteiger partial charge is 0.494 e. The van der Waals surface area contributed by atoms with Crippen LogP contribution in [0.2, 0.25) is 0 Å². The predicted octanol–water partition coefficient (Wildman–Crippen LogP) is 5.81. The Morgan fingerprint density at radius 3 is 2.42 bits per heavy atom. The van der Waals surface area contributed by atoms with E-state index in [1.165, 1.54) is 12.1 Å². The van der Waals surface area contributed by atoms with E-state index >= 15 is 0 Å². The Morgan fingerprint density at radius 2 is 1.75 bits per heavy atom. The minimum atomic E-state index is -0.803. The molecule has 4 amide bonds. The number of ether oxygens (including phenoxy) is 1. The van der Waals surface area contributed by atoms with Crippen LogP contribution >= 0.6 is 15.9 Å². The first-order chi connectivity index (χ1) is 17.3. The van der Waals surface area contributed by atoms with Crippen LogP contribution in [0.3, 0.4) is 0 Å². The number of aryl methyl sites for hydroxylation is 1. The Hall–Kier alpha value is -3.78. The van der Waals surface area contributed by atoms with Gasteiger partial charge in [-0.1, -0.05) is 53.2 Å². The zero-order valence-electron chi connectivity index (χ0n) is 19.8. The Morgan fingerprint density at radius 1 is 1.03 bits per heavy atom. The van der Waals surface area contributed by atoms with Gasteiger partial charge in [0, 0.05) is 16.5 Å². The third-order valence-electron chi connectivity index (χ3n) is 5.82. The molecule has 0 radical (unpaired) electrons. The van der Waals surface area contributed by atoms with Gasteiger partial charge in [0.05, 0.1) is 12.3 Å². The van der Waals surface area contributed by atoms with Crippen molar-refractivity contribution in [2.45, 2.75) is 26.7 Å². The van der Waals surface area contributed by atoms with Gasteiger partial charge in [0.15, 0.2) is 0 Å². The molecule has 3 aromatic rings. The molecule has 1 saturated heterocycles. The highest BCUT2D eigenvalue weighted by Gasteiger charge is 2.36. The zero-order chi connectivity index (χ0) is 25.8. The molecule has 0 aromatic heterocycles. The van der Waals surface area contributed by atoms with Crippen LogP contribution < -0.4 is 15.0 Å². The molecule has 36 heavy (non-hydrogen) atoms. The maximum Gasteiger partial charge on any atom is 0.335 e. The fourth-order valence-corrected chi connectivity index (χ4v) is 4.54. The van der Waals surface area contributed by atoms with E-state index in [0.717, 1.165) is 22.4 Å². The Balaban J connectivity index is 1.71. The topological polar surface area (TPSA) is 75.7 Å². The van der Waals surface area contributed by atoms with Crippen LogP contribution in [0.5, 0.6) is 5.75 Å². The Bertz CT molecular complexity index is 1370. The lowest BCUT2D eigenvalue weighted by molar-refractivity contribution is -0.122. The molecule has 4 rings (SSSR count). The molecule has 0 bridgehead atoms. The summed E-state index contributed by atoms with van der Waals surface area (Å²) in [5.41, 5.74) is 2.98. The molecule has 1 aliphatic rings. The van der Waals surface area contributed by atoms with Gasteiger partial charge < -0.3 is 4.74 Å². The van der Waals surface area contributed by atoms with Crippen molar-refractivity contribution in [3.63, 3.8) is 0 Å². The first-order valence-electron chi connectivity index (χ1n) is 11.5.